The summed E-state index contributed by atoms with van der Waals surface area (Å²) < 4.78 is 5.28. The summed E-state index contributed by atoms with van der Waals surface area (Å²) in [5.74, 6) is 1.02. The van der Waals surface area contributed by atoms with Crippen LogP contribution in [0.2, 0.25) is 0 Å². The second kappa shape index (κ2) is 6.73. The van der Waals surface area contributed by atoms with Crippen LogP contribution in [0.3, 0.4) is 0 Å². The number of carbonyl (C=O) groups excluding carboxylic acids is 1. The van der Waals surface area contributed by atoms with E-state index in [2.05, 4.69) is 15.5 Å². The van der Waals surface area contributed by atoms with Crippen molar-refractivity contribution in [2.24, 2.45) is 5.73 Å². The summed E-state index contributed by atoms with van der Waals surface area (Å²) in [6.07, 6.45) is 5.35. The van der Waals surface area contributed by atoms with Crippen LogP contribution in [0.5, 0.6) is 0 Å². The molecule has 1 aromatic heterocycles. The Labute approximate surface area is 141 Å². The van der Waals surface area contributed by atoms with Crippen molar-refractivity contribution in [2.45, 2.75) is 57.9 Å². The zero-order valence-electron chi connectivity index (χ0n) is 14.3. The van der Waals surface area contributed by atoms with Gasteiger partial charge in [-0.05, 0) is 37.5 Å². The molecule has 0 atom stereocenters. The Hall–Kier alpha value is -2.21. The molecule has 1 fully saturated rings. The first-order valence-corrected chi connectivity index (χ1v) is 8.56. The molecule has 6 nitrogen and oxygen atoms in total. The van der Waals surface area contributed by atoms with Crippen molar-refractivity contribution in [1.29, 1.82) is 0 Å². The first-order chi connectivity index (χ1) is 11.5. The molecule has 1 amide bonds. The smallest absolute Gasteiger partial charge is 0.257 e. The molecule has 1 heterocycles. The van der Waals surface area contributed by atoms with Gasteiger partial charge in [0.05, 0.1) is 5.54 Å². The fourth-order valence-electron chi connectivity index (χ4n) is 3.06. The SMILES string of the molecule is CCc1noc(-c2ccc(C)c(NC(=O)C3(N)CCCCC3)c2)n1. The highest BCUT2D eigenvalue weighted by molar-refractivity contribution is 5.99. The Bertz CT molecular complexity index is 732. The number of rotatable bonds is 4. The number of aryl methyl sites for hydroxylation is 2. The van der Waals surface area contributed by atoms with E-state index in [0.29, 0.717) is 18.1 Å². The lowest BCUT2D eigenvalue weighted by atomic mass is 9.82. The van der Waals surface area contributed by atoms with Gasteiger partial charge < -0.3 is 15.6 Å². The highest BCUT2D eigenvalue weighted by Gasteiger charge is 2.35. The molecule has 1 aliphatic carbocycles. The van der Waals surface area contributed by atoms with Crippen LogP contribution in [0.1, 0.15) is 50.4 Å². The molecule has 24 heavy (non-hydrogen) atoms. The summed E-state index contributed by atoms with van der Waals surface area (Å²) in [4.78, 5) is 17.0. The topological polar surface area (TPSA) is 94.0 Å². The Morgan fingerprint density at radius 3 is 2.75 bits per heavy atom. The molecule has 0 bridgehead atoms. The van der Waals surface area contributed by atoms with E-state index in [4.69, 9.17) is 10.3 Å². The summed E-state index contributed by atoms with van der Waals surface area (Å²) in [7, 11) is 0. The molecule has 3 rings (SSSR count). The van der Waals surface area contributed by atoms with Gasteiger partial charge in [0.15, 0.2) is 5.82 Å². The van der Waals surface area contributed by atoms with Crippen LogP contribution in [-0.2, 0) is 11.2 Å². The molecule has 0 radical (unpaired) electrons. The van der Waals surface area contributed by atoms with Crippen LogP contribution in [0.25, 0.3) is 11.5 Å². The van der Waals surface area contributed by atoms with E-state index in [1.807, 2.05) is 32.0 Å². The lowest BCUT2D eigenvalue weighted by molar-refractivity contribution is -0.122. The Balaban J connectivity index is 1.82. The number of nitrogens with two attached hydrogens (primary N) is 1. The molecule has 2 aromatic rings. The molecule has 3 N–H and O–H groups in total. The van der Waals surface area contributed by atoms with E-state index in [1.165, 1.54) is 0 Å². The first kappa shape index (κ1) is 16.6. The maximum atomic E-state index is 12.7. The fraction of sp³-hybridized carbons (Fsp3) is 0.500. The third kappa shape index (κ3) is 3.33. The minimum absolute atomic E-state index is 0.109. The predicted molar refractivity (Wildman–Crippen MR) is 92.5 cm³/mol. The van der Waals surface area contributed by atoms with E-state index >= 15 is 0 Å². The van der Waals surface area contributed by atoms with Gasteiger partial charge in [-0.25, -0.2) is 0 Å². The third-order valence-corrected chi connectivity index (χ3v) is 4.72. The van der Waals surface area contributed by atoms with Crippen molar-refractivity contribution in [1.82, 2.24) is 10.1 Å². The summed E-state index contributed by atoms with van der Waals surface area (Å²) in [5, 5.41) is 6.91. The van der Waals surface area contributed by atoms with E-state index in [-0.39, 0.29) is 5.91 Å². The van der Waals surface area contributed by atoms with Crippen LogP contribution < -0.4 is 11.1 Å². The van der Waals surface area contributed by atoms with Gasteiger partial charge in [-0.15, -0.1) is 0 Å². The van der Waals surface area contributed by atoms with Crippen LogP contribution in [0.15, 0.2) is 22.7 Å². The van der Waals surface area contributed by atoms with Crippen molar-refractivity contribution in [3.05, 3.63) is 29.6 Å². The Morgan fingerprint density at radius 1 is 1.33 bits per heavy atom. The highest BCUT2D eigenvalue weighted by atomic mass is 16.5. The van der Waals surface area contributed by atoms with E-state index < -0.39 is 5.54 Å². The maximum Gasteiger partial charge on any atom is 0.257 e. The van der Waals surface area contributed by atoms with Gasteiger partial charge in [0.2, 0.25) is 5.91 Å². The second-order valence-corrected chi connectivity index (χ2v) is 6.57. The number of nitrogens with zero attached hydrogens (tertiary/aromatic N) is 2. The van der Waals surface area contributed by atoms with Gasteiger partial charge in [0.1, 0.15) is 0 Å². The second-order valence-electron chi connectivity index (χ2n) is 6.57. The number of carbonyl (C=O) groups is 1. The molecule has 0 spiro atoms. The molecule has 1 saturated carbocycles. The monoisotopic (exact) mass is 328 g/mol. The number of aromatic nitrogens is 2. The molecule has 0 aliphatic heterocycles. The minimum Gasteiger partial charge on any atom is -0.334 e. The number of amides is 1. The average molecular weight is 328 g/mol. The van der Waals surface area contributed by atoms with Crippen molar-refractivity contribution < 1.29 is 9.32 Å². The average Bonchev–Trinajstić information content (AvgIpc) is 3.06. The highest BCUT2D eigenvalue weighted by Crippen LogP contribution is 2.29. The molecular weight excluding hydrogens is 304 g/mol. The minimum atomic E-state index is -0.763. The van der Waals surface area contributed by atoms with E-state index in [1.54, 1.807) is 0 Å². The normalized spacial score (nSPS) is 16.8. The van der Waals surface area contributed by atoms with Crippen molar-refractivity contribution in [3.8, 4) is 11.5 Å². The van der Waals surface area contributed by atoms with E-state index in [0.717, 1.165) is 48.9 Å². The van der Waals surface area contributed by atoms with Crippen LogP contribution in [0.4, 0.5) is 5.69 Å². The Kier molecular flexibility index (Phi) is 4.66. The summed E-state index contributed by atoms with van der Waals surface area (Å²) in [5.41, 5.74) is 8.06. The van der Waals surface area contributed by atoms with Crippen molar-refractivity contribution >= 4 is 11.6 Å². The van der Waals surface area contributed by atoms with Gasteiger partial charge in [-0.1, -0.05) is 37.4 Å². The largest absolute Gasteiger partial charge is 0.334 e. The molecule has 1 aromatic carbocycles. The van der Waals surface area contributed by atoms with Crippen molar-refractivity contribution in [3.63, 3.8) is 0 Å². The lowest BCUT2D eigenvalue weighted by Gasteiger charge is -2.32. The van der Waals surface area contributed by atoms with E-state index in [9.17, 15) is 4.79 Å². The molecule has 1 aliphatic rings. The van der Waals surface area contributed by atoms with Crippen LogP contribution in [0, 0.1) is 6.92 Å². The molecular formula is C18H24N4O2. The quantitative estimate of drug-likeness (QED) is 0.899. The summed E-state index contributed by atoms with van der Waals surface area (Å²) in [6.45, 7) is 3.93. The summed E-state index contributed by atoms with van der Waals surface area (Å²) >= 11 is 0. The standard InChI is InChI=1S/C18H24N4O2/c1-3-15-21-16(24-22-15)13-8-7-12(2)14(11-13)20-17(23)18(19)9-5-4-6-10-18/h7-8,11H,3-6,9-10,19H2,1-2H3,(H,20,23). The van der Waals surface area contributed by atoms with Crippen LogP contribution in [-0.4, -0.2) is 21.6 Å². The van der Waals surface area contributed by atoms with Gasteiger partial charge in [0.25, 0.3) is 5.89 Å². The fourth-order valence-corrected chi connectivity index (χ4v) is 3.06. The zero-order chi connectivity index (χ0) is 17.2. The van der Waals surface area contributed by atoms with Gasteiger partial charge in [-0.3, -0.25) is 4.79 Å². The van der Waals surface area contributed by atoms with Gasteiger partial charge >= 0.3 is 0 Å². The predicted octanol–water partition coefficient (Wildman–Crippen LogP) is 3.21. The van der Waals surface area contributed by atoms with Gasteiger partial charge in [0, 0.05) is 17.7 Å². The molecule has 0 unspecified atom stereocenters. The van der Waals surface area contributed by atoms with Gasteiger partial charge in [-0.2, -0.15) is 4.98 Å². The molecule has 0 saturated heterocycles. The number of nitrogens with one attached hydrogen (secondary N) is 1. The number of hydrogen-bond acceptors (Lipinski definition) is 5. The third-order valence-electron chi connectivity index (χ3n) is 4.72. The lowest BCUT2D eigenvalue weighted by Crippen LogP contribution is -2.52. The zero-order valence-corrected chi connectivity index (χ0v) is 14.3. The number of benzene rings is 1. The number of hydrogen-bond donors (Lipinski definition) is 2. The Morgan fingerprint density at radius 2 is 2.08 bits per heavy atom. The first-order valence-electron chi connectivity index (χ1n) is 8.56. The maximum absolute atomic E-state index is 12.7. The summed E-state index contributed by atoms with van der Waals surface area (Å²) in [6, 6.07) is 5.72. The van der Waals surface area contributed by atoms with Crippen molar-refractivity contribution in [2.75, 3.05) is 5.32 Å². The number of anilines is 1. The van der Waals surface area contributed by atoms with Crippen LogP contribution >= 0.6 is 0 Å². The molecule has 6 heteroatoms. The molecule has 128 valence electrons.